The second kappa shape index (κ2) is 4.28. The topological polar surface area (TPSA) is 29.1 Å². The molecule has 0 spiro atoms. The van der Waals surface area contributed by atoms with E-state index in [1.165, 1.54) is 30.9 Å². The highest BCUT2D eigenvalue weighted by Crippen LogP contribution is 2.18. The quantitative estimate of drug-likeness (QED) is 0.737. The van der Waals surface area contributed by atoms with Crippen LogP contribution in [0.1, 0.15) is 10.4 Å². The number of thioether (sulfide) groups is 1. The number of rotatable bonds is 2. The van der Waals surface area contributed by atoms with Crippen molar-refractivity contribution in [2.75, 3.05) is 13.3 Å². The van der Waals surface area contributed by atoms with Crippen molar-refractivity contribution in [1.82, 2.24) is 5.32 Å². The lowest BCUT2D eigenvalue weighted by Crippen LogP contribution is -2.17. The van der Waals surface area contributed by atoms with Gasteiger partial charge in [-0.15, -0.1) is 11.8 Å². The van der Waals surface area contributed by atoms with Crippen LogP contribution in [0, 0.1) is 5.82 Å². The minimum Gasteiger partial charge on any atom is -0.355 e. The summed E-state index contributed by atoms with van der Waals surface area (Å²) in [6, 6.07) is 4.28. The van der Waals surface area contributed by atoms with E-state index in [-0.39, 0.29) is 11.7 Å². The molecule has 13 heavy (non-hydrogen) atoms. The number of nitrogens with one attached hydrogen (secondary N) is 1. The molecule has 1 N–H and O–H groups in total. The fraction of sp³-hybridized carbons (Fsp3) is 0.222. The van der Waals surface area contributed by atoms with Crippen LogP contribution in [0.15, 0.2) is 23.1 Å². The molecular formula is C9H10FNOS. The van der Waals surface area contributed by atoms with Gasteiger partial charge in [0.2, 0.25) is 0 Å². The molecule has 1 aromatic rings. The van der Waals surface area contributed by atoms with Crippen molar-refractivity contribution in [3.63, 3.8) is 0 Å². The van der Waals surface area contributed by atoms with E-state index in [1.807, 2.05) is 6.26 Å². The molecule has 0 bridgehead atoms. The molecule has 4 heteroatoms. The molecule has 1 amide bonds. The standard InChI is InChI=1S/C9H10FNOS/c1-11-9(12)6-3-7(10)5-8(4-6)13-2/h3-5H,1-2H3,(H,11,12). The van der Waals surface area contributed by atoms with Crippen molar-refractivity contribution in [2.45, 2.75) is 4.90 Å². The van der Waals surface area contributed by atoms with Gasteiger partial charge in [0.05, 0.1) is 0 Å². The number of halogens is 1. The fourth-order valence-electron chi connectivity index (χ4n) is 0.956. The number of amides is 1. The Labute approximate surface area is 80.5 Å². The Kier molecular flexibility index (Phi) is 3.31. The Balaban J connectivity index is 3.08. The van der Waals surface area contributed by atoms with E-state index in [9.17, 15) is 9.18 Å². The Morgan fingerprint density at radius 1 is 1.46 bits per heavy atom. The fourth-order valence-corrected chi connectivity index (χ4v) is 1.43. The van der Waals surface area contributed by atoms with Crippen LogP contribution < -0.4 is 5.32 Å². The van der Waals surface area contributed by atoms with Crippen molar-refractivity contribution < 1.29 is 9.18 Å². The van der Waals surface area contributed by atoms with Gasteiger partial charge in [0, 0.05) is 17.5 Å². The molecule has 0 atom stereocenters. The van der Waals surface area contributed by atoms with E-state index >= 15 is 0 Å². The summed E-state index contributed by atoms with van der Waals surface area (Å²) in [5.41, 5.74) is 0.354. The second-order valence-corrected chi connectivity index (χ2v) is 3.34. The largest absolute Gasteiger partial charge is 0.355 e. The average molecular weight is 199 g/mol. The predicted octanol–water partition coefficient (Wildman–Crippen LogP) is 1.91. The lowest BCUT2D eigenvalue weighted by Gasteiger charge is -2.02. The molecule has 1 aromatic carbocycles. The maximum Gasteiger partial charge on any atom is 0.251 e. The van der Waals surface area contributed by atoms with Crippen molar-refractivity contribution in [1.29, 1.82) is 0 Å². The van der Waals surface area contributed by atoms with Crippen LogP contribution in [0.25, 0.3) is 0 Å². The molecule has 70 valence electrons. The SMILES string of the molecule is CNC(=O)c1cc(F)cc(SC)c1. The third-order valence-corrected chi connectivity index (χ3v) is 2.30. The van der Waals surface area contributed by atoms with Gasteiger partial charge < -0.3 is 5.32 Å². The zero-order valence-electron chi connectivity index (χ0n) is 7.43. The van der Waals surface area contributed by atoms with Gasteiger partial charge in [0.15, 0.2) is 0 Å². The molecule has 0 aliphatic carbocycles. The van der Waals surface area contributed by atoms with Gasteiger partial charge in [-0.25, -0.2) is 4.39 Å². The van der Waals surface area contributed by atoms with E-state index in [4.69, 9.17) is 0 Å². The molecule has 0 saturated carbocycles. The maximum atomic E-state index is 12.9. The van der Waals surface area contributed by atoms with Gasteiger partial charge >= 0.3 is 0 Å². The van der Waals surface area contributed by atoms with Crippen molar-refractivity contribution in [3.05, 3.63) is 29.6 Å². The highest BCUT2D eigenvalue weighted by atomic mass is 32.2. The van der Waals surface area contributed by atoms with E-state index in [0.29, 0.717) is 5.56 Å². The van der Waals surface area contributed by atoms with E-state index in [1.54, 1.807) is 6.07 Å². The third kappa shape index (κ3) is 2.45. The minimum atomic E-state index is -0.384. The molecule has 0 heterocycles. The van der Waals surface area contributed by atoms with Crippen LogP contribution in [0.4, 0.5) is 4.39 Å². The predicted molar refractivity (Wildman–Crippen MR) is 51.6 cm³/mol. The van der Waals surface area contributed by atoms with Crippen LogP contribution >= 0.6 is 11.8 Å². The molecule has 0 aromatic heterocycles. The highest BCUT2D eigenvalue weighted by Gasteiger charge is 2.06. The van der Waals surface area contributed by atoms with Crippen molar-refractivity contribution in [2.24, 2.45) is 0 Å². The summed E-state index contributed by atoms with van der Waals surface area (Å²) in [4.78, 5) is 11.9. The number of carbonyl (C=O) groups is 1. The normalized spacial score (nSPS) is 9.77. The molecule has 0 aliphatic rings. The summed E-state index contributed by atoms with van der Waals surface area (Å²) in [6.45, 7) is 0. The summed E-state index contributed by atoms with van der Waals surface area (Å²) in [7, 11) is 1.52. The van der Waals surface area contributed by atoms with E-state index in [2.05, 4.69) is 5.32 Å². The first kappa shape index (κ1) is 10.1. The van der Waals surface area contributed by atoms with E-state index < -0.39 is 0 Å². The van der Waals surface area contributed by atoms with Crippen LogP contribution in [0.5, 0.6) is 0 Å². The zero-order valence-corrected chi connectivity index (χ0v) is 8.24. The molecule has 0 radical (unpaired) electrons. The first-order valence-corrected chi connectivity index (χ1v) is 4.96. The zero-order chi connectivity index (χ0) is 9.84. The highest BCUT2D eigenvalue weighted by molar-refractivity contribution is 7.98. The monoisotopic (exact) mass is 199 g/mol. The summed E-state index contributed by atoms with van der Waals surface area (Å²) in [5, 5.41) is 2.44. The smallest absolute Gasteiger partial charge is 0.251 e. The lowest BCUT2D eigenvalue weighted by molar-refractivity contribution is 0.0962. The van der Waals surface area contributed by atoms with Gasteiger partial charge in [-0.05, 0) is 24.5 Å². The van der Waals surface area contributed by atoms with Crippen LogP contribution in [0.2, 0.25) is 0 Å². The van der Waals surface area contributed by atoms with Crippen LogP contribution in [-0.4, -0.2) is 19.2 Å². The van der Waals surface area contributed by atoms with Crippen molar-refractivity contribution in [3.8, 4) is 0 Å². The number of hydrogen-bond donors (Lipinski definition) is 1. The Hall–Kier alpha value is -1.03. The molecular weight excluding hydrogens is 189 g/mol. The molecule has 0 unspecified atom stereocenters. The summed E-state index contributed by atoms with van der Waals surface area (Å²) >= 11 is 1.41. The Morgan fingerprint density at radius 3 is 2.69 bits per heavy atom. The third-order valence-electron chi connectivity index (χ3n) is 1.60. The molecule has 0 saturated heterocycles. The number of carbonyl (C=O) groups excluding carboxylic acids is 1. The molecule has 0 fully saturated rings. The van der Waals surface area contributed by atoms with Gasteiger partial charge in [-0.2, -0.15) is 0 Å². The summed E-state index contributed by atoms with van der Waals surface area (Å²) in [5.74, 6) is -0.653. The maximum absolute atomic E-state index is 12.9. The summed E-state index contributed by atoms with van der Waals surface area (Å²) < 4.78 is 12.9. The molecule has 0 aliphatic heterocycles. The van der Waals surface area contributed by atoms with Gasteiger partial charge in [-0.1, -0.05) is 0 Å². The Bertz CT molecular complexity index is 327. The van der Waals surface area contributed by atoms with Crippen molar-refractivity contribution >= 4 is 17.7 Å². The summed E-state index contributed by atoms with van der Waals surface area (Å²) in [6.07, 6.45) is 1.84. The average Bonchev–Trinajstić information content (AvgIpc) is 2.15. The first-order chi connectivity index (χ1) is 6.17. The van der Waals surface area contributed by atoms with Gasteiger partial charge in [0.25, 0.3) is 5.91 Å². The number of hydrogen-bond acceptors (Lipinski definition) is 2. The first-order valence-electron chi connectivity index (χ1n) is 3.74. The van der Waals surface area contributed by atoms with Gasteiger partial charge in [-0.3, -0.25) is 4.79 Å². The van der Waals surface area contributed by atoms with Crippen LogP contribution in [0.3, 0.4) is 0 Å². The lowest BCUT2D eigenvalue weighted by atomic mass is 10.2. The molecule has 1 rings (SSSR count). The van der Waals surface area contributed by atoms with Crippen LogP contribution in [-0.2, 0) is 0 Å². The van der Waals surface area contributed by atoms with E-state index in [0.717, 1.165) is 4.90 Å². The molecule has 2 nitrogen and oxygen atoms in total. The number of benzene rings is 1. The Morgan fingerprint density at radius 2 is 2.15 bits per heavy atom. The second-order valence-electron chi connectivity index (χ2n) is 2.46. The minimum absolute atomic E-state index is 0.269. The van der Waals surface area contributed by atoms with Gasteiger partial charge in [0.1, 0.15) is 5.82 Å².